The highest BCUT2D eigenvalue weighted by molar-refractivity contribution is 4.94. The van der Waals surface area contributed by atoms with Crippen molar-refractivity contribution in [3.05, 3.63) is 18.6 Å². The third-order valence-corrected chi connectivity index (χ3v) is 3.01. The molecule has 0 unspecified atom stereocenters. The van der Waals surface area contributed by atoms with Crippen molar-refractivity contribution in [3.63, 3.8) is 0 Å². The van der Waals surface area contributed by atoms with Crippen molar-refractivity contribution in [1.82, 2.24) is 0 Å². The second-order valence-corrected chi connectivity index (χ2v) is 4.42. The van der Waals surface area contributed by atoms with E-state index < -0.39 is 0 Å². The zero-order valence-electron chi connectivity index (χ0n) is 9.51. The molecule has 0 N–H and O–H groups in total. The normalized spacial score (nSPS) is 25.1. The van der Waals surface area contributed by atoms with Gasteiger partial charge in [0, 0.05) is 0 Å². The second kappa shape index (κ2) is 9.30. The molecule has 1 radical (unpaired) electrons. The van der Waals surface area contributed by atoms with E-state index in [1.165, 1.54) is 70.6 Å². The van der Waals surface area contributed by atoms with Crippen LogP contribution in [0.15, 0.2) is 12.2 Å². The van der Waals surface area contributed by atoms with E-state index in [0.29, 0.717) is 0 Å². The zero-order valence-corrected chi connectivity index (χ0v) is 9.51. The first-order valence-corrected chi connectivity index (χ1v) is 6.48. The SMILES string of the molecule is [CH]1/C=C/CCCCCCCCCCC1. The number of rotatable bonds is 0. The summed E-state index contributed by atoms with van der Waals surface area (Å²) in [6.07, 6.45) is 22.5. The van der Waals surface area contributed by atoms with Crippen molar-refractivity contribution in [3.8, 4) is 0 Å². The Balaban J connectivity index is 2.09. The highest BCUT2D eigenvalue weighted by Gasteiger charge is 1.93. The van der Waals surface area contributed by atoms with Gasteiger partial charge in [0.1, 0.15) is 0 Å². The molecule has 1 aliphatic rings. The highest BCUT2D eigenvalue weighted by Crippen LogP contribution is 2.13. The van der Waals surface area contributed by atoms with Crippen molar-refractivity contribution >= 4 is 0 Å². The Kier molecular flexibility index (Phi) is 7.85. The van der Waals surface area contributed by atoms with Gasteiger partial charge >= 0.3 is 0 Å². The monoisotopic (exact) mass is 193 g/mol. The predicted octanol–water partition coefficient (Wildman–Crippen LogP) is 5.05. The minimum Gasteiger partial charge on any atom is -0.0882 e. The van der Waals surface area contributed by atoms with E-state index in [4.69, 9.17) is 0 Å². The summed E-state index contributed by atoms with van der Waals surface area (Å²) in [5.41, 5.74) is 0. The fourth-order valence-corrected chi connectivity index (χ4v) is 2.05. The number of hydrogen-bond acceptors (Lipinski definition) is 0. The highest BCUT2D eigenvalue weighted by atomic mass is 14.0. The van der Waals surface area contributed by atoms with Gasteiger partial charge in [-0.05, 0) is 25.7 Å². The lowest BCUT2D eigenvalue weighted by Crippen LogP contribution is -1.83. The van der Waals surface area contributed by atoms with Gasteiger partial charge < -0.3 is 0 Å². The Morgan fingerprint density at radius 1 is 0.500 bits per heavy atom. The minimum absolute atomic E-state index is 1.29. The molecule has 81 valence electrons. The van der Waals surface area contributed by atoms with Crippen LogP contribution in [0.2, 0.25) is 0 Å². The van der Waals surface area contributed by atoms with E-state index in [1.54, 1.807) is 0 Å². The maximum Gasteiger partial charge on any atom is -0.0171 e. The van der Waals surface area contributed by atoms with Crippen LogP contribution in [0.3, 0.4) is 0 Å². The molecule has 0 aromatic heterocycles. The minimum atomic E-state index is 1.29. The van der Waals surface area contributed by atoms with E-state index in [-0.39, 0.29) is 0 Å². The van der Waals surface area contributed by atoms with Crippen LogP contribution in [0.5, 0.6) is 0 Å². The Morgan fingerprint density at radius 2 is 1.00 bits per heavy atom. The van der Waals surface area contributed by atoms with Gasteiger partial charge in [0.2, 0.25) is 0 Å². The molecule has 0 aliphatic heterocycles. The smallest absolute Gasteiger partial charge is 0.0171 e. The first kappa shape index (κ1) is 11.8. The molecule has 1 rings (SSSR count). The first-order chi connectivity index (χ1) is 7.00. The third kappa shape index (κ3) is 7.17. The molecule has 0 bridgehead atoms. The van der Waals surface area contributed by atoms with E-state index in [9.17, 15) is 0 Å². The molecule has 0 aromatic rings. The van der Waals surface area contributed by atoms with Crippen molar-refractivity contribution in [1.29, 1.82) is 0 Å². The fraction of sp³-hybridized carbons (Fsp3) is 0.786. The molecular formula is C14H25. The average Bonchev–Trinajstić information content (AvgIpc) is 2.22. The van der Waals surface area contributed by atoms with Gasteiger partial charge in [0.15, 0.2) is 0 Å². The molecule has 0 atom stereocenters. The van der Waals surface area contributed by atoms with Gasteiger partial charge in [-0.1, -0.05) is 63.5 Å². The zero-order chi connectivity index (χ0) is 9.90. The molecule has 1 aliphatic carbocycles. The van der Waals surface area contributed by atoms with Gasteiger partial charge in [-0.3, -0.25) is 0 Å². The van der Waals surface area contributed by atoms with Crippen LogP contribution in [0.25, 0.3) is 0 Å². The van der Waals surface area contributed by atoms with Gasteiger partial charge in [-0.15, -0.1) is 0 Å². The Bertz CT molecular complexity index is 119. The van der Waals surface area contributed by atoms with Crippen LogP contribution in [-0.4, -0.2) is 0 Å². The van der Waals surface area contributed by atoms with Crippen molar-refractivity contribution in [2.75, 3.05) is 0 Å². The first-order valence-electron chi connectivity index (χ1n) is 6.48. The predicted molar refractivity (Wildman–Crippen MR) is 64.2 cm³/mol. The maximum absolute atomic E-state index is 2.34. The quantitative estimate of drug-likeness (QED) is 0.505. The summed E-state index contributed by atoms with van der Waals surface area (Å²) in [5.74, 6) is 0. The van der Waals surface area contributed by atoms with Crippen LogP contribution in [0, 0.1) is 6.42 Å². The fourth-order valence-electron chi connectivity index (χ4n) is 2.05. The maximum atomic E-state index is 2.34. The van der Waals surface area contributed by atoms with Crippen LogP contribution in [0.1, 0.15) is 70.6 Å². The summed E-state index contributed by atoms with van der Waals surface area (Å²) in [4.78, 5) is 0. The summed E-state index contributed by atoms with van der Waals surface area (Å²) in [6.45, 7) is 0. The molecule has 0 nitrogen and oxygen atoms in total. The molecule has 0 saturated heterocycles. The van der Waals surface area contributed by atoms with Gasteiger partial charge in [-0.2, -0.15) is 0 Å². The summed E-state index contributed by atoms with van der Waals surface area (Å²) in [5, 5.41) is 0. The molecule has 0 fully saturated rings. The van der Waals surface area contributed by atoms with Crippen molar-refractivity contribution < 1.29 is 0 Å². The molecule has 0 heteroatoms. The molecule has 0 heterocycles. The van der Waals surface area contributed by atoms with Crippen LogP contribution in [-0.2, 0) is 0 Å². The van der Waals surface area contributed by atoms with Crippen LogP contribution < -0.4 is 0 Å². The molecule has 0 aromatic carbocycles. The lowest BCUT2D eigenvalue weighted by molar-refractivity contribution is 0.558. The Morgan fingerprint density at radius 3 is 1.64 bits per heavy atom. The molecular weight excluding hydrogens is 168 g/mol. The van der Waals surface area contributed by atoms with Gasteiger partial charge in [-0.25, -0.2) is 0 Å². The molecule has 0 spiro atoms. The second-order valence-electron chi connectivity index (χ2n) is 4.42. The summed E-state index contributed by atoms with van der Waals surface area (Å²) >= 11 is 0. The van der Waals surface area contributed by atoms with E-state index in [2.05, 4.69) is 18.6 Å². The Labute approximate surface area is 89.8 Å². The van der Waals surface area contributed by atoms with Crippen molar-refractivity contribution in [2.45, 2.75) is 70.6 Å². The summed E-state index contributed by atoms with van der Waals surface area (Å²) in [7, 11) is 0. The van der Waals surface area contributed by atoms with Gasteiger partial charge in [0.25, 0.3) is 0 Å². The van der Waals surface area contributed by atoms with Crippen LogP contribution >= 0.6 is 0 Å². The van der Waals surface area contributed by atoms with Crippen molar-refractivity contribution in [2.24, 2.45) is 0 Å². The molecule has 0 amide bonds. The third-order valence-electron chi connectivity index (χ3n) is 3.01. The number of hydrogen-bond donors (Lipinski definition) is 0. The van der Waals surface area contributed by atoms with E-state index in [0.717, 1.165) is 0 Å². The number of allylic oxidation sites excluding steroid dienone is 2. The average molecular weight is 193 g/mol. The lowest BCUT2D eigenvalue weighted by Gasteiger charge is -2.03. The largest absolute Gasteiger partial charge is 0.0882 e. The Hall–Kier alpha value is -0.260. The summed E-state index contributed by atoms with van der Waals surface area (Å²) in [6, 6.07) is 0. The standard InChI is InChI=1S/C14H25/c1-2-4-6-8-10-12-14-13-11-9-7-5-3-1/h1-3H,4-14H2/b2-1+. The molecule has 14 heavy (non-hydrogen) atoms. The van der Waals surface area contributed by atoms with Gasteiger partial charge in [0.05, 0.1) is 0 Å². The van der Waals surface area contributed by atoms with E-state index in [1.807, 2.05) is 0 Å². The molecule has 0 saturated carbocycles. The van der Waals surface area contributed by atoms with Crippen LogP contribution in [0.4, 0.5) is 0 Å². The summed E-state index contributed by atoms with van der Waals surface area (Å²) < 4.78 is 0. The lowest BCUT2D eigenvalue weighted by atomic mass is 10.0. The topological polar surface area (TPSA) is 0 Å². The van der Waals surface area contributed by atoms with E-state index >= 15 is 0 Å².